The van der Waals surface area contributed by atoms with E-state index in [2.05, 4.69) is 54.4 Å². The Kier molecular flexibility index (Phi) is 4.42. The van der Waals surface area contributed by atoms with E-state index in [9.17, 15) is 0 Å². The molecule has 0 bridgehead atoms. The molecule has 0 radical (unpaired) electrons. The van der Waals surface area contributed by atoms with Gasteiger partial charge < -0.3 is 5.32 Å². The predicted octanol–water partition coefficient (Wildman–Crippen LogP) is 3.60. The predicted molar refractivity (Wildman–Crippen MR) is 84.8 cm³/mol. The van der Waals surface area contributed by atoms with E-state index in [1.165, 1.54) is 31.2 Å². The van der Waals surface area contributed by atoms with Crippen molar-refractivity contribution in [1.29, 1.82) is 0 Å². The number of benzene rings is 1. The molecule has 2 aliphatic rings. The number of nitrogens with one attached hydrogen (secondary N) is 1. The zero-order valence-electron chi connectivity index (χ0n) is 12.9. The number of rotatable bonds is 5. The Bertz CT molecular complexity index is 413. The highest BCUT2D eigenvalue weighted by molar-refractivity contribution is 5.20. The van der Waals surface area contributed by atoms with Crippen LogP contribution in [0, 0.1) is 5.92 Å². The fourth-order valence-electron chi connectivity index (χ4n) is 3.62. The lowest BCUT2D eigenvalue weighted by Gasteiger charge is -2.44. The third-order valence-corrected chi connectivity index (χ3v) is 5.07. The van der Waals surface area contributed by atoms with Gasteiger partial charge in [-0.1, -0.05) is 50.1 Å². The Morgan fingerprint density at radius 3 is 2.65 bits per heavy atom. The maximum atomic E-state index is 3.75. The van der Waals surface area contributed by atoms with Crippen LogP contribution in [0.5, 0.6) is 0 Å². The summed E-state index contributed by atoms with van der Waals surface area (Å²) in [5.74, 6) is 1.02. The number of hydrogen-bond donors (Lipinski definition) is 1. The Balaban J connectivity index is 1.68. The molecule has 1 heterocycles. The van der Waals surface area contributed by atoms with Crippen LogP contribution in [0.1, 0.15) is 51.1 Å². The van der Waals surface area contributed by atoms with Gasteiger partial charge in [0, 0.05) is 31.2 Å². The Labute approximate surface area is 123 Å². The second-order valence-electron chi connectivity index (χ2n) is 6.66. The van der Waals surface area contributed by atoms with E-state index in [4.69, 9.17) is 0 Å². The lowest BCUT2D eigenvalue weighted by Crippen LogP contribution is -2.55. The van der Waals surface area contributed by atoms with Crippen LogP contribution in [0.2, 0.25) is 0 Å². The summed E-state index contributed by atoms with van der Waals surface area (Å²) in [6.07, 6.45) is 5.59. The summed E-state index contributed by atoms with van der Waals surface area (Å²) in [6.45, 7) is 7.06. The topological polar surface area (TPSA) is 15.3 Å². The van der Waals surface area contributed by atoms with Gasteiger partial charge in [0.25, 0.3) is 0 Å². The Morgan fingerprint density at radius 2 is 2.00 bits per heavy atom. The van der Waals surface area contributed by atoms with E-state index in [0.29, 0.717) is 12.1 Å². The van der Waals surface area contributed by atoms with Crippen LogP contribution in [0.4, 0.5) is 0 Å². The van der Waals surface area contributed by atoms with Gasteiger partial charge in [-0.2, -0.15) is 0 Å². The highest BCUT2D eigenvalue weighted by Gasteiger charge is 2.33. The molecule has 3 atom stereocenters. The van der Waals surface area contributed by atoms with Gasteiger partial charge in [-0.25, -0.2) is 0 Å². The van der Waals surface area contributed by atoms with E-state index in [1.807, 2.05) is 0 Å². The molecule has 0 amide bonds. The molecular formula is C18H28N2. The standard InChI is InChI=1S/C18H28N2/c1-3-17-12-19-18(16-7-5-4-6-8-16)13-20(17)14(2)11-15-9-10-15/h4-8,14-15,17-19H,3,9-13H2,1-2H3. The van der Waals surface area contributed by atoms with E-state index in [0.717, 1.165) is 25.0 Å². The number of nitrogens with zero attached hydrogens (tertiary/aromatic N) is 1. The van der Waals surface area contributed by atoms with Crippen molar-refractivity contribution >= 4 is 0 Å². The van der Waals surface area contributed by atoms with Crippen molar-refractivity contribution in [3.05, 3.63) is 35.9 Å². The van der Waals surface area contributed by atoms with Crippen LogP contribution >= 0.6 is 0 Å². The molecule has 1 aromatic carbocycles. The molecule has 20 heavy (non-hydrogen) atoms. The molecule has 3 unspecified atom stereocenters. The highest BCUT2D eigenvalue weighted by Crippen LogP contribution is 2.36. The lowest BCUT2D eigenvalue weighted by atomic mass is 9.97. The molecule has 2 heteroatoms. The van der Waals surface area contributed by atoms with Crippen LogP contribution in [0.15, 0.2) is 30.3 Å². The summed E-state index contributed by atoms with van der Waals surface area (Å²) in [5, 5.41) is 3.75. The first-order valence-corrected chi connectivity index (χ1v) is 8.32. The fourth-order valence-corrected chi connectivity index (χ4v) is 3.62. The van der Waals surface area contributed by atoms with Gasteiger partial charge in [-0.05, 0) is 31.2 Å². The quantitative estimate of drug-likeness (QED) is 0.881. The molecule has 110 valence electrons. The first-order valence-electron chi connectivity index (χ1n) is 8.32. The van der Waals surface area contributed by atoms with Crippen molar-refractivity contribution in [3.8, 4) is 0 Å². The minimum Gasteiger partial charge on any atom is -0.307 e. The van der Waals surface area contributed by atoms with Gasteiger partial charge in [-0.3, -0.25) is 4.90 Å². The molecule has 1 aliphatic carbocycles. The van der Waals surface area contributed by atoms with Gasteiger partial charge in [-0.15, -0.1) is 0 Å². The Hall–Kier alpha value is -0.860. The van der Waals surface area contributed by atoms with Gasteiger partial charge in [0.2, 0.25) is 0 Å². The molecule has 0 aromatic heterocycles. The average Bonchev–Trinajstić information content (AvgIpc) is 3.31. The molecular weight excluding hydrogens is 244 g/mol. The fraction of sp³-hybridized carbons (Fsp3) is 0.667. The minimum atomic E-state index is 0.501. The van der Waals surface area contributed by atoms with E-state index in [1.54, 1.807) is 0 Å². The molecule has 2 fully saturated rings. The van der Waals surface area contributed by atoms with Crippen LogP contribution in [0.25, 0.3) is 0 Å². The molecule has 1 N–H and O–H groups in total. The third-order valence-electron chi connectivity index (χ3n) is 5.07. The van der Waals surface area contributed by atoms with Gasteiger partial charge in [0.15, 0.2) is 0 Å². The third kappa shape index (κ3) is 3.24. The van der Waals surface area contributed by atoms with E-state index >= 15 is 0 Å². The molecule has 1 aliphatic heterocycles. The van der Waals surface area contributed by atoms with Crippen molar-refractivity contribution in [2.24, 2.45) is 5.92 Å². The molecule has 3 rings (SSSR count). The average molecular weight is 272 g/mol. The smallest absolute Gasteiger partial charge is 0.0450 e. The van der Waals surface area contributed by atoms with Gasteiger partial charge in [0.05, 0.1) is 0 Å². The molecule has 1 saturated carbocycles. The van der Waals surface area contributed by atoms with Crippen molar-refractivity contribution in [2.75, 3.05) is 13.1 Å². The summed E-state index contributed by atoms with van der Waals surface area (Å²) >= 11 is 0. The maximum absolute atomic E-state index is 3.75. The normalized spacial score (nSPS) is 29.3. The summed E-state index contributed by atoms with van der Waals surface area (Å²) in [5.41, 5.74) is 1.44. The zero-order chi connectivity index (χ0) is 13.9. The Morgan fingerprint density at radius 1 is 1.25 bits per heavy atom. The largest absolute Gasteiger partial charge is 0.307 e. The van der Waals surface area contributed by atoms with Crippen LogP contribution in [-0.2, 0) is 0 Å². The van der Waals surface area contributed by atoms with Crippen molar-refractivity contribution in [3.63, 3.8) is 0 Å². The zero-order valence-corrected chi connectivity index (χ0v) is 12.9. The van der Waals surface area contributed by atoms with Crippen LogP contribution in [0.3, 0.4) is 0 Å². The first kappa shape index (κ1) is 14.1. The highest BCUT2D eigenvalue weighted by atomic mass is 15.3. The van der Waals surface area contributed by atoms with Crippen LogP contribution < -0.4 is 5.32 Å². The van der Waals surface area contributed by atoms with Crippen LogP contribution in [-0.4, -0.2) is 30.1 Å². The van der Waals surface area contributed by atoms with Gasteiger partial charge >= 0.3 is 0 Å². The SMILES string of the molecule is CCC1CNC(c2ccccc2)CN1C(C)CC1CC1. The van der Waals surface area contributed by atoms with E-state index < -0.39 is 0 Å². The van der Waals surface area contributed by atoms with E-state index in [-0.39, 0.29) is 0 Å². The second-order valence-corrected chi connectivity index (χ2v) is 6.66. The number of piperazine rings is 1. The summed E-state index contributed by atoms with van der Waals surface area (Å²) in [7, 11) is 0. The summed E-state index contributed by atoms with van der Waals surface area (Å²) in [4.78, 5) is 2.77. The molecule has 2 nitrogen and oxygen atoms in total. The van der Waals surface area contributed by atoms with Crippen molar-refractivity contribution in [1.82, 2.24) is 10.2 Å². The molecule has 0 spiro atoms. The van der Waals surface area contributed by atoms with Crippen molar-refractivity contribution < 1.29 is 0 Å². The molecule has 1 aromatic rings. The van der Waals surface area contributed by atoms with Gasteiger partial charge in [0.1, 0.15) is 0 Å². The number of hydrogen-bond acceptors (Lipinski definition) is 2. The monoisotopic (exact) mass is 272 g/mol. The first-order chi connectivity index (χ1) is 9.78. The summed E-state index contributed by atoms with van der Waals surface area (Å²) in [6, 6.07) is 12.9. The summed E-state index contributed by atoms with van der Waals surface area (Å²) < 4.78 is 0. The second kappa shape index (κ2) is 6.28. The molecule has 1 saturated heterocycles. The minimum absolute atomic E-state index is 0.501. The lowest BCUT2D eigenvalue weighted by molar-refractivity contribution is 0.0794. The van der Waals surface area contributed by atoms with Crippen molar-refractivity contribution in [2.45, 2.75) is 57.7 Å². The maximum Gasteiger partial charge on any atom is 0.0450 e.